The van der Waals surface area contributed by atoms with Crippen molar-refractivity contribution < 1.29 is 13.7 Å². The average Bonchev–Trinajstić information content (AvgIpc) is 2.37. The SMILES string of the molecule is Nc1ccc(Nc2c([N+](=O)[O-])ccc(F)c2F)cc1. The van der Waals surface area contributed by atoms with E-state index in [1.807, 2.05) is 0 Å². The van der Waals surface area contributed by atoms with Crippen LogP contribution >= 0.6 is 0 Å². The lowest BCUT2D eigenvalue weighted by atomic mass is 10.2. The van der Waals surface area contributed by atoms with Gasteiger partial charge in [0.1, 0.15) is 0 Å². The number of nitro groups is 1. The summed E-state index contributed by atoms with van der Waals surface area (Å²) in [5, 5.41) is 13.3. The molecule has 0 bridgehead atoms. The van der Waals surface area contributed by atoms with Crippen molar-refractivity contribution in [2.75, 3.05) is 11.1 Å². The lowest BCUT2D eigenvalue weighted by Gasteiger charge is -2.08. The zero-order valence-electron chi connectivity index (χ0n) is 9.56. The van der Waals surface area contributed by atoms with Crippen LogP contribution in [0.4, 0.5) is 31.5 Å². The average molecular weight is 265 g/mol. The van der Waals surface area contributed by atoms with Gasteiger partial charge in [-0.15, -0.1) is 0 Å². The fourth-order valence-electron chi connectivity index (χ4n) is 1.52. The van der Waals surface area contributed by atoms with Gasteiger partial charge in [0.05, 0.1) is 4.92 Å². The fourth-order valence-corrected chi connectivity index (χ4v) is 1.52. The summed E-state index contributed by atoms with van der Waals surface area (Å²) in [5.74, 6) is -2.46. The molecule has 5 nitrogen and oxygen atoms in total. The lowest BCUT2D eigenvalue weighted by molar-refractivity contribution is -0.384. The topological polar surface area (TPSA) is 81.2 Å². The van der Waals surface area contributed by atoms with E-state index in [-0.39, 0.29) is 0 Å². The number of nitrogens with one attached hydrogen (secondary N) is 1. The summed E-state index contributed by atoms with van der Waals surface area (Å²) in [6.07, 6.45) is 0. The van der Waals surface area contributed by atoms with Gasteiger partial charge in [0.2, 0.25) is 0 Å². The predicted molar refractivity (Wildman–Crippen MR) is 67.1 cm³/mol. The van der Waals surface area contributed by atoms with E-state index in [0.29, 0.717) is 17.4 Å². The number of nitrogen functional groups attached to an aromatic ring is 1. The third-order valence-corrected chi connectivity index (χ3v) is 2.45. The Hall–Kier alpha value is -2.70. The maximum atomic E-state index is 13.6. The molecular weight excluding hydrogens is 256 g/mol. The van der Waals surface area contributed by atoms with Crippen molar-refractivity contribution in [2.24, 2.45) is 0 Å². The smallest absolute Gasteiger partial charge is 0.295 e. The number of nitrogens with zero attached hydrogens (tertiary/aromatic N) is 1. The Bertz CT molecular complexity index is 630. The molecular formula is C12H9F2N3O2. The number of rotatable bonds is 3. The molecule has 0 aliphatic rings. The number of halogens is 2. The predicted octanol–water partition coefficient (Wildman–Crippen LogP) is 3.20. The van der Waals surface area contributed by atoms with Gasteiger partial charge >= 0.3 is 0 Å². The van der Waals surface area contributed by atoms with Gasteiger partial charge in [-0.1, -0.05) is 0 Å². The standard InChI is InChI=1S/C12H9F2N3O2/c13-9-5-6-10(17(18)19)12(11(9)14)16-8-3-1-7(15)2-4-8/h1-6,16H,15H2. The van der Waals surface area contributed by atoms with Crippen molar-refractivity contribution in [1.29, 1.82) is 0 Å². The van der Waals surface area contributed by atoms with E-state index >= 15 is 0 Å². The highest BCUT2D eigenvalue weighted by atomic mass is 19.2. The molecule has 0 saturated carbocycles. The first kappa shape index (κ1) is 12.7. The van der Waals surface area contributed by atoms with Crippen LogP contribution in [-0.2, 0) is 0 Å². The second kappa shape index (κ2) is 4.89. The highest BCUT2D eigenvalue weighted by Crippen LogP contribution is 2.31. The van der Waals surface area contributed by atoms with E-state index in [4.69, 9.17) is 5.73 Å². The van der Waals surface area contributed by atoms with Crippen LogP contribution in [0.5, 0.6) is 0 Å². The Morgan fingerprint density at radius 1 is 1.11 bits per heavy atom. The molecule has 0 aromatic heterocycles. The Morgan fingerprint density at radius 3 is 2.32 bits per heavy atom. The minimum Gasteiger partial charge on any atom is -0.399 e. The number of hydrogen-bond donors (Lipinski definition) is 2. The minimum absolute atomic E-state index is 0.363. The van der Waals surface area contributed by atoms with Crippen LogP contribution in [0, 0.1) is 21.7 Å². The molecule has 19 heavy (non-hydrogen) atoms. The van der Waals surface area contributed by atoms with E-state index < -0.39 is 27.9 Å². The molecule has 2 rings (SSSR count). The first-order valence-electron chi connectivity index (χ1n) is 5.24. The van der Waals surface area contributed by atoms with E-state index in [1.54, 1.807) is 0 Å². The van der Waals surface area contributed by atoms with Crippen LogP contribution in [0.1, 0.15) is 0 Å². The third-order valence-electron chi connectivity index (χ3n) is 2.45. The molecule has 0 atom stereocenters. The molecule has 0 unspecified atom stereocenters. The van der Waals surface area contributed by atoms with E-state index in [2.05, 4.69) is 5.32 Å². The van der Waals surface area contributed by atoms with Gasteiger partial charge in [0.25, 0.3) is 5.69 Å². The van der Waals surface area contributed by atoms with Gasteiger partial charge in [0.15, 0.2) is 17.3 Å². The summed E-state index contributed by atoms with van der Waals surface area (Å²) in [4.78, 5) is 10.00. The summed E-state index contributed by atoms with van der Waals surface area (Å²) in [5.41, 5.74) is 5.27. The van der Waals surface area contributed by atoms with E-state index in [1.165, 1.54) is 24.3 Å². The zero-order chi connectivity index (χ0) is 14.0. The van der Waals surface area contributed by atoms with Crippen LogP contribution in [0.3, 0.4) is 0 Å². The minimum atomic E-state index is -1.30. The maximum absolute atomic E-state index is 13.6. The highest BCUT2D eigenvalue weighted by molar-refractivity contribution is 5.70. The molecule has 0 aliphatic carbocycles. The Labute approximate surface area is 106 Å². The summed E-state index contributed by atoms with van der Waals surface area (Å²) >= 11 is 0. The normalized spacial score (nSPS) is 10.2. The molecule has 0 radical (unpaired) electrons. The van der Waals surface area contributed by atoms with Gasteiger partial charge in [-0.3, -0.25) is 10.1 Å². The summed E-state index contributed by atoms with van der Waals surface area (Å²) in [7, 11) is 0. The van der Waals surface area contributed by atoms with Gasteiger partial charge in [-0.25, -0.2) is 8.78 Å². The number of hydrogen-bond acceptors (Lipinski definition) is 4. The number of anilines is 3. The molecule has 0 fully saturated rings. The second-order valence-electron chi connectivity index (χ2n) is 3.76. The first-order valence-corrected chi connectivity index (χ1v) is 5.24. The van der Waals surface area contributed by atoms with Gasteiger partial charge in [-0.05, 0) is 30.3 Å². The Morgan fingerprint density at radius 2 is 1.74 bits per heavy atom. The highest BCUT2D eigenvalue weighted by Gasteiger charge is 2.21. The molecule has 2 aromatic carbocycles. The lowest BCUT2D eigenvalue weighted by Crippen LogP contribution is -2.02. The monoisotopic (exact) mass is 265 g/mol. The van der Waals surface area contributed by atoms with Gasteiger partial charge in [0, 0.05) is 17.4 Å². The molecule has 0 heterocycles. The van der Waals surface area contributed by atoms with Crippen molar-refractivity contribution in [1.82, 2.24) is 0 Å². The molecule has 2 aromatic rings. The summed E-state index contributed by atoms with van der Waals surface area (Å²) in [6.45, 7) is 0. The van der Waals surface area contributed by atoms with Crippen LogP contribution in [-0.4, -0.2) is 4.92 Å². The zero-order valence-corrected chi connectivity index (χ0v) is 9.56. The Kier molecular flexibility index (Phi) is 3.28. The van der Waals surface area contributed by atoms with Crippen LogP contribution in [0.25, 0.3) is 0 Å². The Balaban J connectivity index is 2.46. The molecule has 0 aliphatic heterocycles. The second-order valence-corrected chi connectivity index (χ2v) is 3.76. The molecule has 98 valence electrons. The quantitative estimate of drug-likeness (QED) is 0.507. The first-order chi connectivity index (χ1) is 8.99. The van der Waals surface area contributed by atoms with Gasteiger partial charge in [-0.2, -0.15) is 0 Å². The van der Waals surface area contributed by atoms with Crippen molar-refractivity contribution in [2.45, 2.75) is 0 Å². The number of benzene rings is 2. The molecule has 0 spiro atoms. The van der Waals surface area contributed by atoms with Crippen LogP contribution < -0.4 is 11.1 Å². The largest absolute Gasteiger partial charge is 0.399 e. The van der Waals surface area contributed by atoms with Crippen LogP contribution in [0.15, 0.2) is 36.4 Å². The third kappa shape index (κ3) is 2.59. The summed E-state index contributed by atoms with van der Waals surface area (Å²) < 4.78 is 26.8. The molecule has 7 heteroatoms. The molecule has 3 N–H and O–H groups in total. The van der Waals surface area contributed by atoms with Crippen molar-refractivity contribution >= 4 is 22.7 Å². The fraction of sp³-hybridized carbons (Fsp3) is 0. The van der Waals surface area contributed by atoms with Crippen molar-refractivity contribution in [3.8, 4) is 0 Å². The van der Waals surface area contributed by atoms with Gasteiger partial charge < -0.3 is 11.1 Å². The molecule has 0 amide bonds. The molecule has 0 saturated heterocycles. The maximum Gasteiger partial charge on any atom is 0.295 e. The van der Waals surface area contributed by atoms with E-state index in [9.17, 15) is 18.9 Å². The van der Waals surface area contributed by atoms with Crippen LogP contribution in [0.2, 0.25) is 0 Å². The summed E-state index contributed by atoms with van der Waals surface area (Å²) in [6, 6.07) is 7.68. The van der Waals surface area contributed by atoms with Crippen molar-refractivity contribution in [3.05, 3.63) is 58.1 Å². The number of nitrogens with two attached hydrogens (primary N) is 1. The number of nitro benzene ring substituents is 1. The van der Waals surface area contributed by atoms with E-state index in [0.717, 1.165) is 6.07 Å². The van der Waals surface area contributed by atoms with Crippen molar-refractivity contribution in [3.63, 3.8) is 0 Å².